The van der Waals surface area contributed by atoms with Crippen LogP contribution >= 0.6 is 0 Å². The summed E-state index contributed by atoms with van der Waals surface area (Å²) in [5.41, 5.74) is 0.945. The summed E-state index contributed by atoms with van der Waals surface area (Å²) in [4.78, 5) is 21.3. The first-order chi connectivity index (χ1) is 7.02. The number of hydrogen-bond acceptors (Lipinski definition) is 2. The van der Waals surface area contributed by atoms with Crippen molar-refractivity contribution < 1.29 is 19.8 Å². The fraction of sp³-hybridized carbons (Fsp3) is 0.0909. The molecule has 2 N–H and O–H groups in total. The van der Waals surface area contributed by atoms with Crippen LogP contribution in [0.2, 0.25) is 0 Å². The monoisotopic (exact) mass is 206 g/mol. The lowest BCUT2D eigenvalue weighted by Gasteiger charge is -2.04. The van der Waals surface area contributed by atoms with Crippen molar-refractivity contribution in [2.24, 2.45) is 0 Å². The summed E-state index contributed by atoms with van der Waals surface area (Å²) in [6.07, 6.45) is 0.988. The van der Waals surface area contributed by atoms with E-state index in [0.29, 0.717) is 11.1 Å². The van der Waals surface area contributed by atoms with Gasteiger partial charge in [-0.15, -0.1) is 0 Å². The molecule has 0 aliphatic rings. The Morgan fingerprint density at radius 3 is 2.13 bits per heavy atom. The molecule has 0 spiro atoms. The van der Waals surface area contributed by atoms with Gasteiger partial charge in [-0.25, -0.2) is 9.59 Å². The number of aromatic carboxylic acids is 1. The van der Waals surface area contributed by atoms with Crippen LogP contribution < -0.4 is 0 Å². The highest BCUT2D eigenvalue weighted by molar-refractivity contribution is 5.97. The molecular weight excluding hydrogens is 196 g/mol. The van der Waals surface area contributed by atoms with Gasteiger partial charge in [0.15, 0.2) is 0 Å². The van der Waals surface area contributed by atoms with Gasteiger partial charge in [0, 0.05) is 6.08 Å². The highest BCUT2D eigenvalue weighted by atomic mass is 16.4. The summed E-state index contributed by atoms with van der Waals surface area (Å²) in [5, 5.41) is 17.4. The van der Waals surface area contributed by atoms with Gasteiger partial charge < -0.3 is 10.2 Å². The number of aliphatic carboxylic acids is 1. The van der Waals surface area contributed by atoms with Crippen molar-refractivity contribution in [2.45, 2.75) is 6.92 Å². The Morgan fingerprint density at radius 1 is 1.13 bits per heavy atom. The fourth-order valence-electron chi connectivity index (χ4n) is 1.28. The largest absolute Gasteiger partial charge is 0.478 e. The second kappa shape index (κ2) is 4.41. The number of benzene rings is 1. The first kappa shape index (κ1) is 11.0. The molecular formula is C11H10O4. The normalized spacial score (nSPS) is 11.1. The minimum absolute atomic E-state index is 0.104. The number of rotatable bonds is 3. The predicted molar refractivity (Wildman–Crippen MR) is 54.7 cm³/mol. The zero-order valence-electron chi connectivity index (χ0n) is 8.10. The third-order valence-corrected chi connectivity index (χ3v) is 1.92. The number of carbonyl (C=O) groups is 2. The molecule has 0 aromatic heterocycles. The third kappa shape index (κ3) is 2.67. The predicted octanol–water partition coefficient (Wildman–Crippen LogP) is 1.87. The first-order valence-corrected chi connectivity index (χ1v) is 4.26. The summed E-state index contributed by atoms with van der Waals surface area (Å²) in [6, 6.07) is 6.29. The second-order valence-corrected chi connectivity index (χ2v) is 3.02. The highest BCUT2D eigenvalue weighted by Crippen LogP contribution is 2.18. The lowest BCUT2D eigenvalue weighted by molar-refractivity contribution is -0.131. The Hall–Kier alpha value is -2.10. The van der Waals surface area contributed by atoms with Gasteiger partial charge in [-0.1, -0.05) is 18.2 Å². The minimum Gasteiger partial charge on any atom is -0.478 e. The van der Waals surface area contributed by atoms with Gasteiger partial charge >= 0.3 is 11.9 Å². The Bertz CT molecular complexity index is 432. The van der Waals surface area contributed by atoms with Crippen LogP contribution in [-0.4, -0.2) is 22.2 Å². The molecule has 0 amide bonds. The summed E-state index contributed by atoms with van der Waals surface area (Å²) in [6.45, 7) is 1.57. The molecule has 0 aliphatic heterocycles. The van der Waals surface area contributed by atoms with E-state index >= 15 is 0 Å². The molecule has 0 bridgehead atoms. The van der Waals surface area contributed by atoms with E-state index in [1.54, 1.807) is 25.1 Å². The topological polar surface area (TPSA) is 74.6 Å². The molecule has 1 rings (SSSR count). The van der Waals surface area contributed by atoms with Crippen LogP contribution in [0.3, 0.4) is 0 Å². The van der Waals surface area contributed by atoms with Gasteiger partial charge in [0.1, 0.15) is 0 Å². The molecule has 4 heteroatoms. The number of carboxylic acids is 2. The SMILES string of the molecule is CC(=CC(=O)O)c1ccccc1C(=O)O. The first-order valence-electron chi connectivity index (χ1n) is 4.26. The van der Waals surface area contributed by atoms with Crippen molar-refractivity contribution in [3.05, 3.63) is 41.5 Å². The molecule has 0 heterocycles. The van der Waals surface area contributed by atoms with Crippen LogP contribution in [0.1, 0.15) is 22.8 Å². The van der Waals surface area contributed by atoms with E-state index in [9.17, 15) is 9.59 Å². The van der Waals surface area contributed by atoms with Crippen molar-refractivity contribution in [3.63, 3.8) is 0 Å². The summed E-state index contributed by atoms with van der Waals surface area (Å²) < 4.78 is 0. The lowest BCUT2D eigenvalue weighted by Crippen LogP contribution is -2.01. The van der Waals surface area contributed by atoms with Gasteiger partial charge in [0.05, 0.1) is 5.56 Å². The summed E-state index contributed by atoms with van der Waals surface area (Å²) >= 11 is 0. The zero-order chi connectivity index (χ0) is 11.4. The van der Waals surface area contributed by atoms with Gasteiger partial charge in [-0.3, -0.25) is 0 Å². The average Bonchev–Trinajstić information content (AvgIpc) is 2.16. The molecule has 0 aliphatic carbocycles. The van der Waals surface area contributed by atoms with E-state index < -0.39 is 11.9 Å². The molecule has 78 valence electrons. The fourth-order valence-corrected chi connectivity index (χ4v) is 1.28. The Labute approximate surface area is 86.5 Å². The third-order valence-electron chi connectivity index (χ3n) is 1.92. The van der Waals surface area contributed by atoms with Crippen molar-refractivity contribution in [3.8, 4) is 0 Å². The van der Waals surface area contributed by atoms with Crippen LogP contribution in [-0.2, 0) is 4.79 Å². The molecule has 4 nitrogen and oxygen atoms in total. The van der Waals surface area contributed by atoms with Gasteiger partial charge in [0.25, 0.3) is 0 Å². The van der Waals surface area contributed by atoms with E-state index in [0.717, 1.165) is 6.08 Å². The summed E-state index contributed by atoms with van der Waals surface area (Å²) in [5.74, 6) is -2.16. The number of hydrogen-bond donors (Lipinski definition) is 2. The minimum atomic E-state index is -1.09. The molecule has 0 fully saturated rings. The Morgan fingerprint density at radius 2 is 1.67 bits per heavy atom. The molecule has 0 atom stereocenters. The van der Waals surface area contributed by atoms with Crippen molar-refractivity contribution >= 4 is 17.5 Å². The molecule has 0 radical (unpaired) electrons. The molecule has 15 heavy (non-hydrogen) atoms. The van der Waals surface area contributed by atoms with Crippen LogP contribution in [0.5, 0.6) is 0 Å². The average molecular weight is 206 g/mol. The molecule has 0 saturated carbocycles. The standard InChI is InChI=1S/C11H10O4/c1-7(6-10(12)13)8-4-2-3-5-9(8)11(14)15/h2-6H,1H3,(H,12,13)(H,14,15). The van der Waals surface area contributed by atoms with Crippen LogP contribution in [0.4, 0.5) is 0 Å². The van der Waals surface area contributed by atoms with Crippen molar-refractivity contribution in [1.29, 1.82) is 0 Å². The Balaban J connectivity index is 3.25. The lowest BCUT2D eigenvalue weighted by atomic mass is 10.0. The van der Waals surface area contributed by atoms with Crippen LogP contribution in [0.15, 0.2) is 30.3 Å². The van der Waals surface area contributed by atoms with E-state index in [-0.39, 0.29) is 5.56 Å². The second-order valence-electron chi connectivity index (χ2n) is 3.02. The zero-order valence-corrected chi connectivity index (χ0v) is 8.10. The van der Waals surface area contributed by atoms with E-state index in [1.165, 1.54) is 6.07 Å². The molecule has 1 aromatic rings. The molecule has 1 aromatic carbocycles. The highest BCUT2D eigenvalue weighted by Gasteiger charge is 2.10. The van der Waals surface area contributed by atoms with Crippen molar-refractivity contribution in [2.75, 3.05) is 0 Å². The van der Waals surface area contributed by atoms with Gasteiger partial charge in [0.2, 0.25) is 0 Å². The van der Waals surface area contributed by atoms with Crippen LogP contribution in [0.25, 0.3) is 5.57 Å². The number of carboxylic acid groups (broad SMARTS) is 2. The van der Waals surface area contributed by atoms with E-state index in [1.807, 2.05) is 0 Å². The maximum absolute atomic E-state index is 10.8. The molecule has 0 unspecified atom stereocenters. The van der Waals surface area contributed by atoms with E-state index in [2.05, 4.69) is 0 Å². The molecule has 0 saturated heterocycles. The maximum atomic E-state index is 10.8. The van der Waals surface area contributed by atoms with Gasteiger partial charge in [-0.2, -0.15) is 0 Å². The quantitative estimate of drug-likeness (QED) is 0.740. The number of allylic oxidation sites excluding steroid dienone is 1. The van der Waals surface area contributed by atoms with Crippen molar-refractivity contribution in [1.82, 2.24) is 0 Å². The van der Waals surface area contributed by atoms with Gasteiger partial charge in [-0.05, 0) is 24.1 Å². The maximum Gasteiger partial charge on any atom is 0.336 e. The van der Waals surface area contributed by atoms with E-state index in [4.69, 9.17) is 10.2 Å². The Kier molecular flexibility index (Phi) is 3.23. The smallest absolute Gasteiger partial charge is 0.336 e. The summed E-state index contributed by atoms with van der Waals surface area (Å²) in [7, 11) is 0. The van der Waals surface area contributed by atoms with Crippen LogP contribution in [0, 0.1) is 0 Å².